The molecule has 1 aliphatic carbocycles. The third-order valence-corrected chi connectivity index (χ3v) is 5.84. The number of hydrogen-bond donors (Lipinski definition) is 1. The number of ether oxygens (including phenoxy) is 1. The summed E-state index contributed by atoms with van der Waals surface area (Å²) in [4.78, 5) is 18.1. The van der Waals surface area contributed by atoms with E-state index in [4.69, 9.17) is 4.74 Å². The minimum Gasteiger partial charge on any atom is -0.484 e. The summed E-state index contributed by atoms with van der Waals surface area (Å²) < 4.78 is 5.55. The normalized spacial score (nSPS) is 17.0. The molecule has 0 aliphatic heterocycles. The van der Waals surface area contributed by atoms with Crippen molar-refractivity contribution >= 4 is 22.4 Å². The maximum atomic E-state index is 12.1. The van der Waals surface area contributed by atoms with Crippen LogP contribution in [0.3, 0.4) is 0 Å². The third-order valence-electron chi connectivity index (χ3n) is 4.77. The standard InChI is InChI=1S/C20H26N2O2S/c1-13-6-5-7-15(10-13)24-12-18(23)22-19-21-16-11-14(20(2,3)4)8-9-17(16)25-19/h5-7,10,14H,8-9,11-12H2,1-4H3,(H,21,22,23). The lowest BCUT2D eigenvalue weighted by atomic mass is 9.73. The van der Waals surface area contributed by atoms with Gasteiger partial charge in [-0.3, -0.25) is 10.1 Å². The van der Waals surface area contributed by atoms with Crippen molar-refractivity contribution in [3.8, 4) is 5.75 Å². The Balaban J connectivity index is 1.57. The van der Waals surface area contributed by atoms with Gasteiger partial charge in [-0.2, -0.15) is 0 Å². The van der Waals surface area contributed by atoms with Gasteiger partial charge < -0.3 is 4.74 Å². The number of carbonyl (C=O) groups excluding carboxylic acids is 1. The molecule has 0 fully saturated rings. The number of nitrogens with one attached hydrogen (secondary N) is 1. The summed E-state index contributed by atoms with van der Waals surface area (Å²) in [6.07, 6.45) is 3.26. The van der Waals surface area contributed by atoms with E-state index in [1.165, 1.54) is 11.3 Å². The lowest BCUT2D eigenvalue weighted by Gasteiger charge is -2.33. The molecule has 1 atom stereocenters. The Morgan fingerprint density at radius 1 is 1.40 bits per heavy atom. The highest BCUT2D eigenvalue weighted by molar-refractivity contribution is 7.15. The van der Waals surface area contributed by atoms with Crippen molar-refractivity contribution in [3.05, 3.63) is 40.4 Å². The fourth-order valence-electron chi connectivity index (χ4n) is 3.18. The molecule has 134 valence electrons. The summed E-state index contributed by atoms with van der Waals surface area (Å²) >= 11 is 1.60. The maximum absolute atomic E-state index is 12.1. The number of aromatic nitrogens is 1. The summed E-state index contributed by atoms with van der Waals surface area (Å²) in [5.41, 5.74) is 2.57. The number of thiazole rings is 1. The van der Waals surface area contributed by atoms with E-state index in [0.717, 1.165) is 24.1 Å². The van der Waals surface area contributed by atoms with E-state index in [1.54, 1.807) is 11.3 Å². The Bertz CT molecular complexity index is 761. The van der Waals surface area contributed by atoms with Gasteiger partial charge in [0, 0.05) is 4.88 Å². The topological polar surface area (TPSA) is 51.2 Å². The average Bonchev–Trinajstić information content (AvgIpc) is 2.93. The zero-order valence-corrected chi connectivity index (χ0v) is 16.2. The molecule has 1 unspecified atom stereocenters. The molecule has 25 heavy (non-hydrogen) atoms. The predicted octanol–water partition coefficient (Wildman–Crippen LogP) is 4.62. The Hall–Kier alpha value is -1.88. The first-order valence-corrected chi connectivity index (χ1v) is 9.61. The second-order valence-electron chi connectivity index (χ2n) is 7.85. The van der Waals surface area contributed by atoms with Gasteiger partial charge in [0.05, 0.1) is 5.69 Å². The molecule has 2 aromatic rings. The van der Waals surface area contributed by atoms with Crippen LogP contribution in [0.25, 0.3) is 0 Å². The Morgan fingerprint density at radius 2 is 2.20 bits per heavy atom. The van der Waals surface area contributed by atoms with Crippen LogP contribution in [-0.2, 0) is 17.6 Å². The SMILES string of the molecule is Cc1cccc(OCC(=O)Nc2nc3c(s2)CCC(C(C)(C)C)C3)c1. The second kappa shape index (κ2) is 7.16. The molecule has 1 amide bonds. The number of aryl methyl sites for hydroxylation is 2. The number of amides is 1. The van der Waals surface area contributed by atoms with E-state index in [9.17, 15) is 4.79 Å². The van der Waals surface area contributed by atoms with Crippen LogP contribution in [0.1, 0.15) is 43.3 Å². The van der Waals surface area contributed by atoms with Crippen molar-refractivity contribution in [2.45, 2.75) is 47.0 Å². The van der Waals surface area contributed by atoms with Gasteiger partial charge >= 0.3 is 0 Å². The van der Waals surface area contributed by atoms with Crippen LogP contribution in [0.5, 0.6) is 5.75 Å². The highest BCUT2D eigenvalue weighted by Gasteiger charge is 2.30. The highest BCUT2D eigenvalue weighted by Crippen LogP contribution is 2.39. The molecule has 3 rings (SSSR count). The molecule has 0 bridgehead atoms. The predicted molar refractivity (Wildman–Crippen MR) is 102 cm³/mol. The summed E-state index contributed by atoms with van der Waals surface area (Å²) in [6, 6.07) is 7.69. The van der Waals surface area contributed by atoms with Crippen LogP contribution in [0.4, 0.5) is 5.13 Å². The van der Waals surface area contributed by atoms with Crippen molar-refractivity contribution in [3.63, 3.8) is 0 Å². The molecule has 1 aromatic heterocycles. The van der Waals surface area contributed by atoms with Gasteiger partial charge in [-0.1, -0.05) is 32.9 Å². The maximum Gasteiger partial charge on any atom is 0.264 e. The van der Waals surface area contributed by atoms with E-state index >= 15 is 0 Å². The molecule has 5 heteroatoms. The summed E-state index contributed by atoms with van der Waals surface area (Å²) in [6.45, 7) is 8.87. The van der Waals surface area contributed by atoms with Crippen LogP contribution >= 0.6 is 11.3 Å². The van der Waals surface area contributed by atoms with Gasteiger partial charge in [0.25, 0.3) is 5.91 Å². The van der Waals surface area contributed by atoms with Crippen molar-refractivity contribution in [1.29, 1.82) is 0 Å². The number of carbonyl (C=O) groups is 1. The first-order valence-electron chi connectivity index (χ1n) is 8.79. The molecular weight excluding hydrogens is 332 g/mol. The van der Waals surface area contributed by atoms with Gasteiger partial charge in [-0.15, -0.1) is 11.3 Å². The monoisotopic (exact) mass is 358 g/mol. The molecule has 1 heterocycles. The summed E-state index contributed by atoms with van der Waals surface area (Å²) in [7, 11) is 0. The number of hydrogen-bond acceptors (Lipinski definition) is 4. The number of anilines is 1. The van der Waals surface area contributed by atoms with Crippen LogP contribution in [0, 0.1) is 18.3 Å². The molecule has 0 saturated carbocycles. The Kier molecular flexibility index (Phi) is 5.13. The van der Waals surface area contributed by atoms with E-state index < -0.39 is 0 Å². The Labute approximate surface area is 153 Å². The lowest BCUT2D eigenvalue weighted by Crippen LogP contribution is -2.26. The molecule has 4 nitrogen and oxygen atoms in total. The number of benzene rings is 1. The van der Waals surface area contributed by atoms with Gasteiger partial charge in [-0.05, 0) is 55.2 Å². The minimum absolute atomic E-state index is 0.00167. The highest BCUT2D eigenvalue weighted by atomic mass is 32.1. The smallest absolute Gasteiger partial charge is 0.264 e. The quantitative estimate of drug-likeness (QED) is 0.867. The first kappa shape index (κ1) is 17.9. The molecule has 1 aromatic carbocycles. The molecule has 0 saturated heterocycles. The lowest BCUT2D eigenvalue weighted by molar-refractivity contribution is -0.118. The van der Waals surface area contributed by atoms with Crippen LogP contribution in [0.15, 0.2) is 24.3 Å². The van der Waals surface area contributed by atoms with Crippen molar-refractivity contribution in [2.24, 2.45) is 11.3 Å². The summed E-state index contributed by atoms with van der Waals surface area (Å²) in [5.74, 6) is 1.19. The molecule has 0 radical (unpaired) electrons. The molecule has 1 aliphatic rings. The first-order chi connectivity index (χ1) is 11.8. The number of rotatable bonds is 4. The van der Waals surface area contributed by atoms with E-state index in [0.29, 0.717) is 22.2 Å². The molecular formula is C20H26N2O2S. The van der Waals surface area contributed by atoms with Crippen LogP contribution < -0.4 is 10.1 Å². The second-order valence-corrected chi connectivity index (χ2v) is 8.93. The van der Waals surface area contributed by atoms with Gasteiger partial charge in [0.1, 0.15) is 5.75 Å². The van der Waals surface area contributed by atoms with E-state index in [2.05, 4.69) is 31.1 Å². The third kappa shape index (κ3) is 4.60. The fourth-order valence-corrected chi connectivity index (χ4v) is 4.20. The minimum atomic E-state index is -0.167. The Morgan fingerprint density at radius 3 is 2.92 bits per heavy atom. The van der Waals surface area contributed by atoms with Crippen molar-refractivity contribution in [1.82, 2.24) is 4.98 Å². The molecule has 1 N–H and O–H groups in total. The van der Waals surface area contributed by atoms with Crippen molar-refractivity contribution in [2.75, 3.05) is 11.9 Å². The van der Waals surface area contributed by atoms with Crippen LogP contribution in [-0.4, -0.2) is 17.5 Å². The zero-order chi connectivity index (χ0) is 18.0. The summed E-state index contributed by atoms with van der Waals surface area (Å²) in [5, 5.41) is 3.57. The van der Waals surface area contributed by atoms with E-state index in [1.807, 2.05) is 31.2 Å². The largest absolute Gasteiger partial charge is 0.484 e. The van der Waals surface area contributed by atoms with Gasteiger partial charge in [-0.25, -0.2) is 4.98 Å². The van der Waals surface area contributed by atoms with Gasteiger partial charge in [0.15, 0.2) is 11.7 Å². The zero-order valence-electron chi connectivity index (χ0n) is 15.4. The average molecular weight is 359 g/mol. The van der Waals surface area contributed by atoms with E-state index in [-0.39, 0.29) is 12.5 Å². The number of nitrogens with zero attached hydrogens (tertiary/aromatic N) is 1. The van der Waals surface area contributed by atoms with Crippen LogP contribution in [0.2, 0.25) is 0 Å². The van der Waals surface area contributed by atoms with Gasteiger partial charge in [0.2, 0.25) is 0 Å². The molecule has 0 spiro atoms. The van der Waals surface area contributed by atoms with Crippen molar-refractivity contribution < 1.29 is 9.53 Å². The fraction of sp³-hybridized carbons (Fsp3) is 0.500. The number of fused-ring (bicyclic) bond motifs is 1.